The number of ether oxygens (including phenoxy) is 2. The first-order valence-corrected chi connectivity index (χ1v) is 9.49. The largest absolute Gasteiger partial charge is 0.493 e. The molecule has 0 radical (unpaired) electrons. The number of carbonyl (C=O) groups is 1. The summed E-state index contributed by atoms with van der Waals surface area (Å²) in [5.41, 5.74) is 6.87. The molecule has 0 bridgehead atoms. The maximum absolute atomic E-state index is 12.3. The molecule has 0 aliphatic heterocycles. The van der Waals surface area contributed by atoms with Gasteiger partial charge < -0.3 is 9.47 Å². The molecule has 0 unspecified atom stereocenters. The van der Waals surface area contributed by atoms with Gasteiger partial charge in [-0.3, -0.25) is 9.89 Å². The van der Waals surface area contributed by atoms with Crippen molar-refractivity contribution in [1.29, 1.82) is 0 Å². The first kappa shape index (κ1) is 18.7. The van der Waals surface area contributed by atoms with Crippen molar-refractivity contribution in [3.63, 3.8) is 0 Å². The minimum atomic E-state index is -0.310. The number of hydrogen-bond acceptors (Lipinski definition) is 5. The molecule has 1 aliphatic rings. The number of amides is 1. The lowest BCUT2D eigenvalue weighted by atomic mass is 10.2. The van der Waals surface area contributed by atoms with Crippen LogP contribution >= 0.6 is 0 Å². The Morgan fingerprint density at radius 1 is 1.21 bits per heavy atom. The summed E-state index contributed by atoms with van der Waals surface area (Å²) >= 11 is 0. The molecule has 29 heavy (non-hydrogen) atoms. The predicted molar refractivity (Wildman–Crippen MR) is 109 cm³/mol. The number of hydrazone groups is 1. The second-order valence-electron chi connectivity index (χ2n) is 6.77. The molecule has 7 heteroatoms. The number of aryl methyl sites for hydroxylation is 1. The Balaban J connectivity index is 1.38. The summed E-state index contributed by atoms with van der Waals surface area (Å²) in [5, 5.41) is 11.1. The van der Waals surface area contributed by atoms with Gasteiger partial charge in [-0.05, 0) is 48.6 Å². The van der Waals surface area contributed by atoms with Crippen LogP contribution in [0.4, 0.5) is 0 Å². The van der Waals surface area contributed by atoms with Gasteiger partial charge in [-0.1, -0.05) is 30.3 Å². The van der Waals surface area contributed by atoms with E-state index >= 15 is 0 Å². The lowest BCUT2D eigenvalue weighted by molar-refractivity contribution is 0.0949. The van der Waals surface area contributed by atoms with E-state index in [0.717, 1.165) is 41.6 Å². The molecule has 0 saturated heterocycles. The van der Waals surface area contributed by atoms with Crippen LogP contribution in [0.3, 0.4) is 0 Å². The second kappa shape index (κ2) is 8.60. The fraction of sp³-hybridized carbons (Fsp3) is 0.227. The van der Waals surface area contributed by atoms with Crippen molar-refractivity contribution >= 4 is 12.1 Å². The molecule has 1 heterocycles. The van der Waals surface area contributed by atoms with E-state index in [0.29, 0.717) is 23.8 Å². The van der Waals surface area contributed by atoms with Gasteiger partial charge >= 0.3 is 0 Å². The summed E-state index contributed by atoms with van der Waals surface area (Å²) in [7, 11) is 1.59. The first-order valence-electron chi connectivity index (χ1n) is 9.49. The molecule has 1 aromatic heterocycles. The van der Waals surface area contributed by atoms with E-state index in [9.17, 15) is 4.79 Å². The monoisotopic (exact) mass is 390 g/mol. The first-order chi connectivity index (χ1) is 14.2. The van der Waals surface area contributed by atoms with Gasteiger partial charge in [0.05, 0.1) is 13.3 Å². The molecule has 0 saturated carbocycles. The van der Waals surface area contributed by atoms with Crippen molar-refractivity contribution in [2.45, 2.75) is 25.9 Å². The van der Waals surface area contributed by atoms with E-state index in [1.807, 2.05) is 48.5 Å². The van der Waals surface area contributed by atoms with Crippen molar-refractivity contribution in [3.05, 3.63) is 76.6 Å². The summed E-state index contributed by atoms with van der Waals surface area (Å²) in [5.74, 6) is 0.932. The Morgan fingerprint density at radius 3 is 2.90 bits per heavy atom. The van der Waals surface area contributed by atoms with Gasteiger partial charge in [0.2, 0.25) is 0 Å². The SMILES string of the molecule is COc1cc(C=NNC(=O)c2n[nH]c3c2CCC3)ccc1OCc1ccccc1. The van der Waals surface area contributed by atoms with Crippen LogP contribution in [0.5, 0.6) is 11.5 Å². The van der Waals surface area contributed by atoms with Crippen molar-refractivity contribution < 1.29 is 14.3 Å². The lowest BCUT2D eigenvalue weighted by Gasteiger charge is -2.11. The third-order valence-electron chi connectivity index (χ3n) is 4.83. The number of aromatic amines is 1. The number of aromatic nitrogens is 2. The van der Waals surface area contributed by atoms with Crippen LogP contribution in [0.2, 0.25) is 0 Å². The fourth-order valence-corrected chi connectivity index (χ4v) is 3.34. The number of rotatable bonds is 7. The summed E-state index contributed by atoms with van der Waals surface area (Å²) in [6, 6.07) is 15.4. The fourth-order valence-electron chi connectivity index (χ4n) is 3.34. The van der Waals surface area contributed by atoms with E-state index in [1.54, 1.807) is 13.3 Å². The summed E-state index contributed by atoms with van der Waals surface area (Å²) in [6.07, 6.45) is 4.43. The molecule has 2 aromatic carbocycles. The van der Waals surface area contributed by atoms with Gasteiger partial charge in [-0.2, -0.15) is 10.2 Å². The molecule has 1 aliphatic carbocycles. The highest BCUT2D eigenvalue weighted by molar-refractivity contribution is 5.94. The number of nitrogens with one attached hydrogen (secondary N) is 2. The normalized spacial score (nSPS) is 12.7. The van der Waals surface area contributed by atoms with E-state index < -0.39 is 0 Å². The zero-order valence-electron chi connectivity index (χ0n) is 16.1. The molecule has 0 fully saturated rings. The summed E-state index contributed by atoms with van der Waals surface area (Å²) < 4.78 is 11.3. The smallest absolute Gasteiger partial charge is 0.292 e. The molecular formula is C22H22N4O3. The zero-order valence-corrected chi connectivity index (χ0v) is 16.1. The van der Waals surface area contributed by atoms with Gasteiger partial charge in [0.15, 0.2) is 17.2 Å². The third kappa shape index (κ3) is 4.29. The van der Waals surface area contributed by atoms with Crippen LogP contribution < -0.4 is 14.9 Å². The standard InChI is InChI=1S/C22H22N4O3/c1-28-20-12-16(10-11-19(20)29-14-15-6-3-2-4-7-15)13-23-26-22(27)21-17-8-5-9-18(17)24-25-21/h2-4,6-7,10-13H,5,8-9,14H2,1H3,(H,24,25)(H,26,27). The highest BCUT2D eigenvalue weighted by Crippen LogP contribution is 2.28. The third-order valence-corrected chi connectivity index (χ3v) is 4.83. The van der Waals surface area contributed by atoms with Gasteiger partial charge in [0, 0.05) is 11.3 Å². The molecular weight excluding hydrogens is 368 g/mol. The Hall–Kier alpha value is -3.61. The van der Waals surface area contributed by atoms with Gasteiger partial charge in [0.25, 0.3) is 5.91 Å². The maximum atomic E-state index is 12.3. The van der Waals surface area contributed by atoms with Crippen LogP contribution in [0.1, 0.15) is 39.3 Å². The molecule has 3 aromatic rings. The van der Waals surface area contributed by atoms with Crippen molar-refractivity contribution in [1.82, 2.24) is 15.6 Å². The second-order valence-corrected chi connectivity index (χ2v) is 6.77. The van der Waals surface area contributed by atoms with Crippen LogP contribution in [-0.4, -0.2) is 29.4 Å². The van der Waals surface area contributed by atoms with E-state index in [2.05, 4.69) is 20.7 Å². The van der Waals surface area contributed by atoms with Crippen molar-refractivity contribution in [2.75, 3.05) is 7.11 Å². The number of fused-ring (bicyclic) bond motifs is 1. The van der Waals surface area contributed by atoms with Crippen molar-refractivity contribution in [2.24, 2.45) is 5.10 Å². The quantitative estimate of drug-likeness (QED) is 0.479. The van der Waals surface area contributed by atoms with E-state index in [1.165, 1.54) is 0 Å². The predicted octanol–water partition coefficient (Wildman–Crippen LogP) is 3.25. The molecule has 1 amide bonds. The Kier molecular flexibility index (Phi) is 5.56. The van der Waals surface area contributed by atoms with E-state index in [-0.39, 0.29) is 5.91 Å². The molecule has 0 atom stereocenters. The maximum Gasteiger partial charge on any atom is 0.292 e. The highest BCUT2D eigenvalue weighted by atomic mass is 16.5. The zero-order chi connectivity index (χ0) is 20.1. The number of carbonyl (C=O) groups excluding carboxylic acids is 1. The highest BCUT2D eigenvalue weighted by Gasteiger charge is 2.22. The molecule has 7 nitrogen and oxygen atoms in total. The van der Waals surface area contributed by atoms with Gasteiger partial charge in [0.1, 0.15) is 6.61 Å². The summed E-state index contributed by atoms with van der Waals surface area (Å²) in [6.45, 7) is 0.453. The van der Waals surface area contributed by atoms with E-state index in [4.69, 9.17) is 9.47 Å². The Labute approximate surface area is 168 Å². The lowest BCUT2D eigenvalue weighted by Crippen LogP contribution is -2.19. The number of methoxy groups -OCH3 is 1. The minimum absolute atomic E-state index is 0.310. The van der Waals surface area contributed by atoms with Gasteiger partial charge in [-0.15, -0.1) is 0 Å². The number of benzene rings is 2. The minimum Gasteiger partial charge on any atom is -0.493 e. The van der Waals surface area contributed by atoms with Gasteiger partial charge in [-0.25, -0.2) is 5.43 Å². The number of H-pyrrole nitrogens is 1. The molecule has 2 N–H and O–H groups in total. The van der Waals surface area contributed by atoms with Crippen LogP contribution in [0, 0.1) is 0 Å². The number of hydrogen-bond donors (Lipinski definition) is 2. The Morgan fingerprint density at radius 2 is 2.07 bits per heavy atom. The average Bonchev–Trinajstić information content (AvgIpc) is 3.37. The average molecular weight is 390 g/mol. The molecule has 4 rings (SSSR count). The Bertz CT molecular complexity index is 1030. The summed E-state index contributed by atoms with van der Waals surface area (Å²) in [4.78, 5) is 12.3. The number of nitrogens with zero attached hydrogens (tertiary/aromatic N) is 2. The van der Waals surface area contributed by atoms with Crippen LogP contribution in [-0.2, 0) is 19.4 Å². The molecule has 148 valence electrons. The topological polar surface area (TPSA) is 88.6 Å². The molecule has 0 spiro atoms. The van der Waals surface area contributed by atoms with Crippen LogP contribution in [0.25, 0.3) is 0 Å². The van der Waals surface area contributed by atoms with Crippen LogP contribution in [0.15, 0.2) is 53.6 Å². The van der Waals surface area contributed by atoms with Crippen molar-refractivity contribution in [3.8, 4) is 11.5 Å².